The van der Waals surface area contributed by atoms with Crippen LogP contribution in [0, 0.1) is 5.41 Å². The lowest BCUT2D eigenvalue weighted by atomic mass is 10.5. The third-order valence-electron chi connectivity index (χ3n) is 0.699. The van der Waals surface area contributed by atoms with Crippen molar-refractivity contribution in [1.29, 1.82) is 5.41 Å². The lowest BCUT2D eigenvalue weighted by Crippen LogP contribution is -2.06. The Morgan fingerprint density at radius 1 is 1.60 bits per heavy atom. The zero-order valence-corrected chi connectivity index (χ0v) is 5.46. The molecule has 0 spiro atoms. The standard InChI is InChI=1S/C5H8N2O3/c1-9-5(8)3-2-4(6)10-7/h2-3,6H,7H2,1H3/b3-2+,6-4?. The van der Waals surface area contributed by atoms with Gasteiger partial charge in [0.2, 0.25) is 5.90 Å². The molecule has 0 atom stereocenters. The average Bonchev–Trinajstić information content (AvgIpc) is 1.99. The van der Waals surface area contributed by atoms with Crippen LogP contribution in [0.25, 0.3) is 0 Å². The van der Waals surface area contributed by atoms with Crippen LogP contribution in [0.4, 0.5) is 0 Å². The van der Waals surface area contributed by atoms with E-state index in [2.05, 4.69) is 15.5 Å². The van der Waals surface area contributed by atoms with Crippen LogP contribution in [0.2, 0.25) is 0 Å². The average molecular weight is 144 g/mol. The summed E-state index contributed by atoms with van der Waals surface area (Å²) < 4.78 is 4.23. The van der Waals surface area contributed by atoms with Gasteiger partial charge in [0.05, 0.1) is 7.11 Å². The van der Waals surface area contributed by atoms with Crippen molar-refractivity contribution < 1.29 is 14.4 Å². The normalized spacial score (nSPS) is 9.40. The number of hydrogen-bond donors (Lipinski definition) is 2. The molecule has 5 heteroatoms. The quantitative estimate of drug-likeness (QED) is 0.181. The minimum atomic E-state index is -0.554. The fourth-order valence-electron chi connectivity index (χ4n) is 0.251. The Balaban J connectivity index is 3.75. The van der Waals surface area contributed by atoms with Crippen LogP contribution in [0.3, 0.4) is 0 Å². The van der Waals surface area contributed by atoms with Crippen molar-refractivity contribution in [2.75, 3.05) is 7.11 Å². The summed E-state index contributed by atoms with van der Waals surface area (Å²) in [6.45, 7) is 0. The Morgan fingerprint density at radius 3 is 2.60 bits per heavy atom. The van der Waals surface area contributed by atoms with Crippen LogP contribution >= 0.6 is 0 Å². The first-order valence-corrected chi connectivity index (χ1v) is 2.42. The van der Waals surface area contributed by atoms with Gasteiger partial charge in [0.15, 0.2) is 0 Å². The van der Waals surface area contributed by atoms with Gasteiger partial charge in [-0.05, 0) is 0 Å². The predicted octanol–water partition coefficient (Wildman–Crippen LogP) is -0.417. The molecule has 0 fully saturated rings. The minimum Gasteiger partial charge on any atom is -0.466 e. The maximum Gasteiger partial charge on any atom is 0.330 e. The van der Waals surface area contributed by atoms with Gasteiger partial charge in [0.25, 0.3) is 0 Å². The second-order valence-electron chi connectivity index (χ2n) is 1.34. The van der Waals surface area contributed by atoms with E-state index in [0.717, 1.165) is 12.2 Å². The van der Waals surface area contributed by atoms with Gasteiger partial charge < -0.3 is 9.57 Å². The number of esters is 1. The van der Waals surface area contributed by atoms with Crippen molar-refractivity contribution in [2.45, 2.75) is 0 Å². The molecule has 0 aromatic carbocycles. The van der Waals surface area contributed by atoms with Crippen molar-refractivity contribution in [3.05, 3.63) is 12.2 Å². The second kappa shape index (κ2) is 4.51. The molecule has 0 saturated heterocycles. The van der Waals surface area contributed by atoms with E-state index in [1.807, 2.05) is 0 Å². The van der Waals surface area contributed by atoms with Crippen LogP contribution < -0.4 is 5.90 Å². The number of carbonyl (C=O) groups is 1. The molecule has 0 aromatic rings. The zero-order chi connectivity index (χ0) is 7.98. The van der Waals surface area contributed by atoms with Gasteiger partial charge in [-0.25, -0.2) is 4.79 Å². The Morgan fingerprint density at radius 2 is 2.20 bits per heavy atom. The second-order valence-corrected chi connectivity index (χ2v) is 1.34. The van der Waals surface area contributed by atoms with E-state index in [1.165, 1.54) is 7.11 Å². The van der Waals surface area contributed by atoms with Gasteiger partial charge in [-0.2, -0.15) is 5.90 Å². The molecule has 0 heterocycles. The maximum atomic E-state index is 10.3. The molecule has 0 saturated carbocycles. The van der Waals surface area contributed by atoms with E-state index < -0.39 is 5.97 Å². The Labute approximate surface area is 57.9 Å². The number of methoxy groups -OCH3 is 1. The van der Waals surface area contributed by atoms with Gasteiger partial charge in [-0.1, -0.05) is 0 Å². The zero-order valence-electron chi connectivity index (χ0n) is 5.46. The predicted molar refractivity (Wildman–Crippen MR) is 34.2 cm³/mol. The summed E-state index contributed by atoms with van der Waals surface area (Å²) in [5.74, 6) is 3.72. The summed E-state index contributed by atoms with van der Waals surface area (Å²) in [5.41, 5.74) is 0. The van der Waals surface area contributed by atoms with Crippen molar-refractivity contribution >= 4 is 11.9 Å². The van der Waals surface area contributed by atoms with Crippen LogP contribution in [-0.4, -0.2) is 19.0 Å². The number of rotatable bonds is 2. The lowest BCUT2D eigenvalue weighted by Gasteiger charge is -1.91. The number of nitrogens with one attached hydrogen (secondary N) is 1. The third-order valence-corrected chi connectivity index (χ3v) is 0.699. The highest BCUT2D eigenvalue weighted by molar-refractivity contribution is 5.92. The van der Waals surface area contributed by atoms with Crippen LogP contribution in [0.15, 0.2) is 12.2 Å². The van der Waals surface area contributed by atoms with E-state index in [0.29, 0.717) is 0 Å². The summed E-state index contributed by atoms with van der Waals surface area (Å²) in [6, 6.07) is 0. The highest BCUT2D eigenvalue weighted by atomic mass is 16.6. The molecule has 10 heavy (non-hydrogen) atoms. The summed E-state index contributed by atoms with van der Waals surface area (Å²) in [7, 11) is 1.24. The van der Waals surface area contributed by atoms with Gasteiger partial charge in [-0.3, -0.25) is 5.41 Å². The van der Waals surface area contributed by atoms with Crippen molar-refractivity contribution in [3.63, 3.8) is 0 Å². The van der Waals surface area contributed by atoms with E-state index in [-0.39, 0.29) is 5.90 Å². The third kappa shape index (κ3) is 3.62. The first kappa shape index (κ1) is 8.64. The molecule has 0 rings (SSSR count). The topological polar surface area (TPSA) is 85.4 Å². The molecule has 0 bridgehead atoms. The molecule has 56 valence electrons. The van der Waals surface area contributed by atoms with Crippen LogP contribution in [0.5, 0.6) is 0 Å². The molecule has 0 aliphatic rings. The van der Waals surface area contributed by atoms with E-state index in [9.17, 15) is 4.79 Å². The molecular formula is C5H8N2O3. The number of hydrogen-bond acceptors (Lipinski definition) is 5. The fourth-order valence-corrected chi connectivity index (χ4v) is 0.251. The van der Waals surface area contributed by atoms with Gasteiger partial charge in [0.1, 0.15) is 0 Å². The van der Waals surface area contributed by atoms with E-state index in [4.69, 9.17) is 5.41 Å². The fraction of sp³-hybridized carbons (Fsp3) is 0.200. The van der Waals surface area contributed by atoms with Crippen LogP contribution in [0.1, 0.15) is 0 Å². The summed E-state index contributed by atoms with van der Waals surface area (Å²) in [4.78, 5) is 14.3. The van der Waals surface area contributed by atoms with Crippen LogP contribution in [-0.2, 0) is 14.4 Å². The molecule has 5 nitrogen and oxygen atoms in total. The van der Waals surface area contributed by atoms with Gasteiger partial charge >= 0.3 is 5.97 Å². The molecule has 0 aromatic heterocycles. The van der Waals surface area contributed by atoms with Gasteiger partial charge in [-0.15, -0.1) is 0 Å². The van der Waals surface area contributed by atoms with Crippen molar-refractivity contribution in [3.8, 4) is 0 Å². The highest BCUT2D eigenvalue weighted by Crippen LogP contribution is 1.79. The number of carbonyl (C=O) groups excluding carboxylic acids is 1. The Kier molecular flexibility index (Phi) is 3.90. The molecule has 0 amide bonds. The number of ether oxygens (including phenoxy) is 1. The Hall–Kier alpha value is -1.36. The molecule has 0 radical (unpaired) electrons. The van der Waals surface area contributed by atoms with Crippen molar-refractivity contribution in [1.82, 2.24) is 0 Å². The summed E-state index contributed by atoms with van der Waals surface area (Å²) in [5, 5.41) is 6.76. The van der Waals surface area contributed by atoms with Gasteiger partial charge in [0, 0.05) is 12.2 Å². The highest BCUT2D eigenvalue weighted by Gasteiger charge is 1.91. The first-order chi connectivity index (χ1) is 4.70. The SMILES string of the molecule is COC(=O)/C=C/C(=N)ON. The molecule has 3 N–H and O–H groups in total. The van der Waals surface area contributed by atoms with Crippen molar-refractivity contribution in [2.24, 2.45) is 5.90 Å². The lowest BCUT2D eigenvalue weighted by molar-refractivity contribution is -0.134. The first-order valence-electron chi connectivity index (χ1n) is 2.42. The maximum absolute atomic E-state index is 10.3. The monoisotopic (exact) mass is 144 g/mol. The van der Waals surface area contributed by atoms with E-state index in [1.54, 1.807) is 0 Å². The Bertz CT molecular complexity index is 146. The summed E-state index contributed by atoms with van der Waals surface area (Å²) >= 11 is 0. The number of nitrogens with two attached hydrogens (primary N) is 1. The molecular weight excluding hydrogens is 136 g/mol. The summed E-state index contributed by atoms with van der Waals surface area (Å²) in [6.07, 6.45) is 2.13. The molecule has 0 aliphatic carbocycles. The molecule has 0 aliphatic heterocycles. The molecule has 0 unspecified atom stereocenters. The van der Waals surface area contributed by atoms with E-state index >= 15 is 0 Å². The largest absolute Gasteiger partial charge is 0.466 e. The smallest absolute Gasteiger partial charge is 0.330 e. The minimum absolute atomic E-state index is 0.301.